The molecule has 7 nitrogen and oxygen atoms in total. The monoisotopic (exact) mass is 379 g/mol. The third-order valence-electron chi connectivity index (χ3n) is 5.34. The van der Waals surface area contributed by atoms with Crippen LogP contribution in [0.4, 0.5) is 0 Å². The molecule has 0 atom stereocenters. The zero-order valence-electron chi connectivity index (χ0n) is 16.6. The summed E-state index contributed by atoms with van der Waals surface area (Å²) >= 11 is 0. The van der Waals surface area contributed by atoms with Gasteiger partial charge in [-0.05, 0) is 51.9 Å². The van der Waals surface area contributed by atoms with Gasteiger partial charge in [0, 0.05) is 36.1 Å². The van der Waals surface area contributed by atoms with Crippen LogP contribution in [-0.4, -0.2) is 45.2 Å². The van der Waals surface area contributed by atoms with Crippen LogP contribution >= 0.6 is 0 Å². The van der Waals surface area contributed by atoms with Crippen molar-refractivity contribution in [2.45, 2.75) is 39.2 Å². The minimum absolute atomic E-state index is 0.409. The van der Waals surface area contributed by atoms with Gasteiger partial charge in [-0.3, -0.25) is 9.88 Å². The van der Waals surface area contributed by atoms with Crippen LogP contribution in [0.25, 0.3) is 11.3 Å². The van der Waals surface area contributed by atoms with Crippen molar-refractivity contribution < 1.29 is 9.26 Å². The van der Waals surface area contributed by atoms with Crippen LogP contribution in [0.3, 0.4) is 0 Å². The molecule has 0 bridgehead atoms. The molecule has 146 valence electrons. The first-order valence-corrected chi connectivity index (χ1v) is 9.61. The van der Waals surface area contributed by atoms with Gasteiger partial charge in [-0.15, -0.1) is 0 Å². The molecule has 0 radical (unpaired) electrons. The second kappa shape index (κ2) is 8.06. The quantitative estimate of drug-likeness (QED) is 0.671. The molecule has 0 amide bonds. The van der Waals surface area contributed by atoms with Gasteiger partial charge < -0.3 is 9.26 Å². The number of aromatic nitrogens is 4. The van der Waals surface area contributed by atoms with Crippen molar-refractivity contribution >= 4 is 0 Å². The predicted octanol–water partition coefficient (Wildman–Crippen LogP) is 3.53. The smallest absolute Gasteiger partial charge is 0.316 e. The van der Waals surface area contributed by atoms with Gasteiger partial charge in [-0.2, -0.15) is 0 Å². The van der Waals surface area contributed by atoms with E-state index in [2.05, 4.69) is 32.2 Å². The van der Waals surface area contributed by atoms with E-state index >= 15 is 0 Å². The summed E-state index contributed by atoms with van der Waals surface area (Å²) in [7, 11) is 1.58. The number of ether oxygens (including phenoxy) is 1. The molecule has 1 saturated heterocycles. The summed E-state index contributed by atoms with van der Waals surface area (Å²) in [5.41, 5.74) is 5.12. The molecule has 4 heterocycles. The Morgan fingerprint density at radius 1 is 1.14 bits per heavy atom. The van der Waals surface area contributed by atoms with E-state index in [1.165, 1.54) is 0 Å². The van der Waals surface area contributed by atoms with Gasteiger partial charge in [-0.1, -0.05) is 11.2 Å². The Morgan fingerprint density at radius 2 is 1.89 bits per heavy atom. The van der Waals surface area contributed by atoms with E-state index in [4.69, 9.17) is 14.2 Å². The number of hydrogen-bond donors (Lipinski definition) is 0. The molecule has 28 heavy (non-hydrogen) atoms. The lowest BCUT2D eigenvalue weighted by atomic mass is 9.92. The molecule has 7 heteroatoms. The highest BCUT2D eigenvalue weighted by molar-refractivity contribution is 5.63. The van der Waals surface area contributed by atoms with E-state index in [1.54, 1.807) is 7.11 Å². The van der Waals surface area contributed by atoms with Crippen molar-refractivity contribution in [2.24, 2.45) is 0 Å². The normalized spacial score (nSPS) is 15.7. The number of piperidine rings is 1. The zero-order valence-corrected chi connectivity index (χ0v) is 16.6. The maximum absolute atomic E-state index is 5.31. The average molecular weight is 379 g/mol. The van der Waals surface area contributed by atoms with Crippen LogP contribution in [0, 0.1) is 13.8 Å². The standard InChI is InChI=1S/C21H25N5O2/c1-14-20(15(2)28-25-14)19-6-4-5-18(24-19)17-7-9-26(10-8-17)13-16-11-22-21(27-3)23-12-16/h4-6,11-12,17H,7-10,13H2,1-3H3. The highest BCUT2D eigenvalue weighted by atomic mass is 16.5. The van der Waals surface area contributed by atoms with Crippen molar-refractivity contribution in [2.75, 3.05) is 20.2 Å². The van der Waals surface area contributed by atoms with Gasteiger partial charge in [-0.25, -0.2) is 9.97 Å². The van der Waals surface area contributed by atoms with Crippen LogP contribution in [-0.2, 0) is 6.54 Å². The lowest BCUT2D eigenvalue weighted by Crippen LogP contribution is -2.32. The van der Waals surface area contributed by atoms with Gasteiger partial charge in [0.25, 0.3) is 0 Å². The predicted molar refractivity (Wildman–Crippen MR) is 105 cm³/mol. The molecule has 0 unspecified atom stereocenters. The summed E-state index contributed by atoms with van der Waals surface area (Å²) in [5, 5.41) is 4.06. The summed E-state index contributed by atoms with van der Waals surface area (Å²) in [6.07, 6.45) is 5.86. The van der Waals surface area contributed by atoms with Crippen LogP contribution in [0.5, 0.6) is 6.01 Å². The number of rotatable bonds is 5. The number of nitrogens with zero attached hydrogens (tertiary/aromatic N) is 5. The number of likely N-dealkylation sites (tertiary alicyclic amines) is 1. The molecular formula is C21H25N5O2. The minimum atomic E-state index is 0.409. The van der Waals surface area contributed by atoms with Crippen molar-refractivity contribution in [1.29, 1.82) is 0 Å². The first-order chi connectivity index (χ1) is 13.6. The summed E-state index contributed by atoms with van der Waals surface area (Å²) < 4.78 is 10.3. The van der Waals surface area contributed by atoms with Gasteiger partial charge in [0.2, 0.25) is 0 Å². The molecule has 1 aliphatic heterocycles. The van der Waals surface area contributed by atoms with E-state index < -0.39 is 0 Å². The number of methoxy groups -OCH3 is 1. The summed E-state index contributed by atoms with van der Waals surface area (Å²) in [5.74, 6) is 1.29. The SMILES string of the molecule is COc1ncc(CN2CCC(c3cccc(-c4c(C)noc4C)n3)CC2)cn1. The summed E-state index contributed by atoms with van der Waals surface area (Å²) in [6.45, 7) is 6.83. The Morgan fingerprint density at radius 3 is 2.54 bits per heavy atom. The van der Waals surface area contributed by atoms with E-state index in [0.717, 1.165) is 66.4 Å². The first kappa shape index (κ1) is 18.6. The third-order valence-corrected chi connectivity index (χ3v) is 5.34. The topological polar surface area (TPSA) is 77.2 Å². The molecule has 3 aromatic rings. The van der Waals surface area contributed by atoms with Gasteiger partial charge in [0.1, 0.15) is 5.76 Å². The molecule has 1 aliphatic rings. The molecule has 0 N–H and O–H groups in total. The zero-order chi connectivity index (χ0) is 19.5. The Labute approximate surface area is 164 Å². The van der Waals surface area contributed by atoms with Crippen molar-refractivity contribution in [3.8, 4) is 17.3 Å². The Hall–Kier alpha value is -2.80. The molecular weight excluding hydrogens is 354 g/mol. The van der Waals surface area contributed by atoms with Gasteiger partial charge in [0.15, 0.2) is 0 Å². The number of hydrogen-bond acceptors (Lipinski definition) is 7. The van der Waals surface area contributed by atoms with E-state index in [0.29, 0.717) is 11.9 Å². The van der Waals surface area contributed by atoms with Crippen LogP contribution in [0.15, 0.2) is 35.1 Å². The van der Waals surface area contributed by atoms with Crippen LogP contribution in [0.1, 0.15) is 41.5 Å². The van der Waals surface area contributed by atoms with Crippen molar-refractivity contribution in [1.82, 2.24) is 25.0 Å². The molecule has 3 aromatic heterocycles. The number of aryl methyl sites for hydroxylation is 2. The molecule has 0 aliphatic carbocycles. The summed E-state index contributed by atoms with van der Waals surface area (Å²) in [6, 6.07) is 6.67. The fourth-order valence-corrected chi connectivity index (χ4v) is 3.84. The largest absolute Gasteiger partial charge is 0.467 e. The lowest BCUT2D eigenvalue weighted by Gasteiger charge is -2.31. The highest BCUT2D eigenvalue weighted by Crippen LogP contribution is 2.31. The lowest BCUT2D eigenvalue weighted by molar-refractivity contribution is 0.202. The average Bonchev–Trinajstić information content (AvgIpc) is 3.07. The molecule has 4 rings (SSSR count). The second-order valence-corrected chi connectivity index (χ2v) is 7.28. The van der Waals surface area contributed by atoms with E-state index in [9.17, 15) is 0 Å². The first-order valence-electron chi connectivity index (χ1n) is 9.61. The Kier molecular flexibility index (Phi) is 5.34. The van der Waals surface area contributed by atoms with Crippen molar-refractivity contribution in [3.05, 3.63) is 53.3 Å². The molecule has 0 saturated carbocycles. The van der Waals surface area contributed by atoms with Gasteiger partial charge >= 0.3 is 6.01 Å². The van der Waals surface area contributed by atoms with E-state index in [1.807, 2.05) is 32.3 Å². The minimum Gasteiger partial charge on any atom is -0.467 e. The fourth-order valence-electron chi connectivity index (χ4n) is 3.84. The highest BCUT2D eigenvalue weighted by Gasteiger charge is 2.23. The Balaban J connectivity index is 1.40. The summed E-state index contributed by atoms with van der Waals surface area (Å²) in [4.78, 5) is 15.8. The second-order valence-electron chi connectivity index (χ2n) is 7.28. The maximum Gasteiger partial charge on any atom is 0.316 e. The van der Waals surface area contributed by atoms with Crippen molar-refractivity contribution in [3.63, 3.8) is 0 Å². The van der Waals surface area contributed by atoms with Crippen LogP contribution in [0.2, 0.25) is 0 Å². The van der Waals surface area contributed by atoms with Crippen LogP contribution < -0.4 is 4.74 Å². The maximum atomic E-state index is 5.31. The van der Waals surface area contributed by atoms with E-state index in [-0.39, 0.29) is 0 Å². The fraction of sp³-hybridized carbons (Fsp3) is 0.429. The number of pyridine rings is 1. The molecule has 1 fully saturated rings. The molecule has 0 spiro atoms. The third kappa shape index (κ3) is 3.89. The molecule has 0 aromatic carbocycles. The van der Waals surface area contributed by atoms with Gasteiger partial charge in [0.05, 0.1) is 24.1 Å². The Bertz CT molecular complexity index is 911.